The van der Waals surface area contributed by atoms with Crippen LogP contribution in [0.5, 0.6) is 0 Å². The third kappa shape index (κ3) is 3.81. The van der Waals surface area contributed by atoms with Crippen molar-refractivity contribution in [2.45, 2.75) is 13.0 Å². The summed E-state index contributed by atoms with van der Waals surface area (Å²) < 4.78 is 6.92. The maximum atomic E-state index is 12.3. The number of anilines is 2. The van der Waals surface area contributed by atoms with Gasteiger partial charge in [0.25, 0.3) is 0 Å². The molecule has 0 aliphatic rings. The number of rotatable bonds is 4. The molecule has 3 heterocycles. The first-order valence-electron chi connectivity index (χ1n) is 7.24. The van der Waals surface area contributed by atoms with Gasteiger partial charge < -0.3 is 15.4 Å². The number of pyridine rings is 1. The van der Waals surface area contributed by atoms with Gasteiger partial charge in [-0.3, -0.25) is 0 Å². The Kier molecular flexibility index (Phi) is 5.03. The standard InChI is InChI=1S/C15H14Cl2N6O2/c1-8(25-2)14-10(7-19-13-6-12(17)22-23(13)14)21-15(24)20-9-3-4-18-11(16)5-9/h3-8H,1-2H3,(H2,18,20,21,24)/t8-/m0/s1. The van der Waals surface area contributed by atoms with Gasteiger partial charge in [-0.2, -0.15) is 5.10 Å². The molecule has 0 unspecified atom stereocenters. The van der Waals surface area contributed by atoms with Crippen molar-refractivity contribution in [1.82, 2.24) is 19.6 Å². The molecule has 3 aromatic rings. The summed E-state index contributed by atoms with van der Waals surface area (Å²) in [4.78, 5) is 20.4. The molecule has 2 amide bonds. The van der Waals surface area contributed by atoms with Crippen molar-refractivity contribution >= 4 is 46.3 Å². The summed E-state index contributed by atoms with van der Waals surface area (Å²) in [6, 6.07) is 4.31. The van der Waals surface area contributed by atoms with Crippen LogP contribution in [-0.4, -0.2) is 32.7 Å². The van der Waals surface area contributed by atoms with Gasteiger partial charge in [0.15, 0.2) is 10.8 Å². The third-order valence-corrected chi connectivity index (χ3v) is 3.85. The molecule has 8 nitrogen and oxygen atoms in total. The van der Waals surface area contributed by atoms with E-state index in [9.17, 15) is 4.79 Å². The highest BCUT2D eigenvalue weighted by atomic mass is 35.5. The molecule has 130 valence electrons. The average Bonchev–Trinajstić information content (AvgIpc) is 2.94. The smallest absolute Gasteiger partial charge is 0.323 e. The van der Waals surface area contributed by atoms with E-state index < -0.39 is 6.03 Å². The molecule has 0 aliphatic carbocycles. The van der Waals surface area contributed by atoms with Crippen LogP contribution in [0.1, 0.15) is 18.7 Å². The molecular formula is C15H14Cl2N6O2. The summed E-state index contributed by atoms with van der Waals surface area (Å²) in [6.07, 6.45) is 2.67. The molecule has 0 aromatic carbocycles. The van der Waals surface area contributed by atoms with Gasteiger partial charge in [0.05, 0.1) is 23.7 Å². The largest absolute Gasteiger partial charge is 0.375 e. The van der Waals surface area contributed by atoms with Crippen molar-refractivity contribution in [2.24, 2.45) is 0 Å². The summed E-state index contributed by atoms with van der Waals surface area (Å²) in [5.41, 5.74) is 2.12. The molecule has 0 aliphatic heterocycles. The summed E-state index contributed by atoms with van der Waals surface area (Å²) in [6.45, 7) is 1.83. The fraction of sp³-hybridized carbons (Fsp3) is 0.200. The van der Waals surface area contributed by atoms with E-state index in [4.69, 9.17) is 27.9 Å². The molecule has 25 heavy (non-hydrogen) atoms. The first-order valence-corrected chi connectivity index (χ1v) is 8.00. The lowest BCUT2D eigenvalue weighted by Gasteiger charge is -2.17. The Morgan fingerprint density at radius 1 is 1.24 bits per heavy atom. The number of methoxy groups -OCH3 is 1. The fourth-order valence-electron chi connectivity index (χ4n) is 2.29. The van der Waals surface area contributed by atoms with E-state index in [1.54, 1.807) is 19.2 Å². The molecular weight excluding hydrogens is 367 g/mol. The number of urea groups is 1. The highest BCUT2D eigenvalue weighted by Crippen LogP contribution is 2.26. The second-order valence-electron chi connectivity index (χ2n) is 5.12. The fourth-order valence-corrected chi connectivity index (χ4v) is 2.63. The van der Waals surface area contributed by atoms with Crippen LogP contribution in [0.3, 0.4) is 0 Å². The zero-order valence-electron chi connectivity index (χ0n) is 13.3. The minimum absolute atomic E-state index is 0.278. The molecule has 0 spiro atoms. The molecule has 0 saturated heterocycles. The Bertz CT molecular complexity index is 930. The van der Waals surface area contributed by atoms with Gasteiger partial charge in [0.1, 0.15) is 5.15 Å². The van der Waals surface area contributed by atoms with Crippen LogP contribution in [0.15, 0.2) is 30.6 Å². The average molecular weight is 381 g/mol. The molecule has 0 saturated carbocycles. The van der Waals surface area contributed by atoms with E-state index in [1.807, 2.05) is 6.92 Å². The highest BCUT2D eigenvalue weighted by Gasteiger charge is 2.19. The first kappa shape index (κ1) is 17.4. The zero-order chi connectivity index (χ0) is 18.0. The number of carbonyl (C=O) groups is 1. The van der Waals surface area contributed by atoms with Gasteiger partial charge in [0.2, 0.25) is 0 Å². The Hall–Kier alpha value is -2.42. The first-order chi connectivity index (χ1) is 12.0. The second-order valence-corrected chi connectivity index (χ2v) is 5.89. The number of carbonyl (C=O) groups excluding carboxylic acids is 1. The number of ether oxygens (including phenoxy) is 1. The van der Waals surface area contributed by atoms with E-state index in [0.29, 0.717) is 27.9 Å². The van der Waals surface area contributed by atoms with Crippen LogP contribution >= 0.6 is 23.2 Å². The molecule has 2 N–H and O–H groups in total. The molecule has 1 atom stereocenters. The zero-order valence-corrected chi connectivity index (χ0v) is 14.8. The summed E-state index contributed by atoms with van der Waals surface area (Å²) in [5.74, 6) is 0. The van der Waals surface area contributed by atoms with Crippen LogP contribution in [0.25, 0.3) is 5.65 Å². The highest BCUT2D eigenvalue weighted by molar-refractivity contribution is 6.30. The molecule has 0 bridgehead atoms. The number of nitrogens with one attached hydrogen (secondary N) is 2. The van der Waals surface area contributed by atoms with Crippen LogP contribution in [0, 0.1) is 0 Å². The molecule has 0 fully saturated rings. The maximum Gasteiger partial charge on any atom is 0.323 e. The Morgan fingerprint density at radius 2 is 2.04 bits per heavy atom. The lowest BCUT2D eigenvalue weighted by atomic mass is 10.2. The van der Waals surface area contributed by atoms with Crippen molar-refractivity contribution in [3.63, 3.8) is 0 Å². The topological polar surface area (TPSA) is 93.4 Å². The maximum absolute atomic E-state index is 12.3. The van der Waals surface area contributed by atoms with Crippen LogP contribution in [-0.2, 0) is 4.74 Å². The third-order valence-electron chi connectivity index (χ3n) is 3.46. The minimum Gasteiger partial charge on any atom is -0.375 e. The van der Waals surface area contributed by atoms with Gasteiger partial charge in [-0.05, 0) is 19.1 Å². The van der Waals surface area contributed by atoms with Crippen LogP contribution in [0.4, 0.5) is 16.2 Å². The number of nitrogens with zero attached hydrogens (tertiary/aromatic N) is 4. The number of fused-ring (bicyclic) bond motifs is 1. The Morgan fingerprint density at radius 3 is 2.76 bits per heavy atom. The quantitative estimate of drug-likeness (QED) is 0.671. The van der Waals surface area contributed by atoms with E-state index in [2.05, 4.69) is 25.7 Å². The lowest BCUT2D eigenvalue weighted by Crippen LogP contribution is -2.22. The molecule has 10 heteroatoms. The van der Waals surface area contributed by atoms with Crippen molar-refractivity contribution in [3.05, 3.63) is 46.6 Å². The van der Waals surface area contributed by atoms with Crippen LogP contribution < -0.4 is 10.6 Å². The molecule has 3 rings (SSSR count). The van der Waals surface area contributed by atoms with Crippen molar-refractivity contribution in [3.8, 4) is 0 Å². The van der Waals surface area contributed by atoms with Gasteiger partial charge >= 0.3 is 6.03 Å². The van der Waals surface area contributed by atoms with Crippen molar-refractivity contribution in [2.75, 3.05) is 17.7 Å². The van der Waals surface area contributed by atoms with Crippen molar-refractivity contribution in [1.29, 1.82) is 0 Å². The number of aromatic nitrogens is 4. The van der Waals surface area contributed by atoms with Crippen LogP contribution in [0.2, 0.25) is 10.3 Å². The summed E-state index contributed by atoms with van der Waals surface area (Å²) in [7, 11) is 1.56. The monoisotopic (exact) mass is 380 g/mol. The second kappa shape index (κ2) is 7.22. The Balaban J connectivity index is 1.91. The molecule has 3 aromatic heterocycles. The van der Waals surface area contributed by atoms with E-state index in [0.717, 1.165) is 0 Å². The number of halogens is 2. The minimum atomic E-state index is -0.466. The van der Waals surface area contributed by atoms with E-state index in [-0.39, 0.29) is 11.3 Å². The van der Waals surface area contributed by atoms with Gasteiger partial charge in [-0.1, -0.05) is 23.2 Å². The predicted octanol–water partition coefficient (Wildman–Crippen LogP) is 3.78. The molecule has 0 radical (unpaired) electrons. The normalized spacial score (nSPS) is 12.2. The van der Waals surface area contributed by atoms with E-state index in [1.165, 1.54) is 23.0 Å². The summed E-state index contributed by atoms with van der Waals surface area (Å²) in [5, 5.41) is 10.2. The number of hydrogen-bond acceptors (Lipinski definition) is 5. The Labute approximate surface area is 153 Å². The number of amides is 2. The van der Waals surface area contributed by atoms with Gasteiger partial charge in [-0.15, -0.1) is 0 Å². The summed E-state index contributed by atoms with van der Waals surface area (Å²) >= 11 is 11.8. The van der Waals surface area contributed by atoms with E-state index >= 15 is 0 Å². The van der Waals surface area contributed by atoms with Gasteiger partial charge in [0, 0.05) is 25.1 Å². The predicted molar refractivity (Wildman–Crippen MR) is 95.3 cm³/mol. The number of hydrogen-bond donors (Lipinski definition) is 2. The van der Waals surface area contributed by atoms with Crippen molar-refractivity contribution < 1.29 is 9.53 Å². The van der Waals surface area contributed by atoms with Gasteiger partial charge in [-0.25, -0.2) is 19.3 Å². The SMILES string of the molecule is CO[C@@H](C)c1c(NC(=O)Nc2ccnc(Cl)c2)cnc2cc(Cl)nn12. The lowest BCUT2D eigenvalue weighted by molar-refractivity contribution is 0.114.